The van der Waals surface area contributed by atoms with Gasteiger partial charge in [0, 0.05) is 31.1 Å². The molecule has 0 saturated heterocycles. The topological polar surface area (TPSA) is 62.5 Å². The molecule has 4 heterocycles. The molecule has 0 fully saturated rings. The van der Waals surface area contributed by atoms with E-state index >= 15 is 0 Å². The largest absolute Gasteiger partial charge is 0.356 e. The van der Waals surface area contributed by atoms with Crippen LogP contribution in [0.15, 0.2) is 0 Å². The van der Waals surface area contributed by atoms with Crippen molar-refractivity contribution >= 4 is 33.1 Å². The molecule has 0 spiro atoms. The number of thiophene rings is 1. The quantitative estimate of drug-likeness (QED) is 0.634. The predicted molar refractivity (Wildman–Crippen MR) is 106 cm³/mol. The van der Waals surface area contributed by atoms with Gasteiger partial charge in [-0.15, -0.1) is 11.3 Å². The molecular weight excluding hydrogens is 346 g/mol. The monoisotopic (exact) mass is 373 g/mol. The second-order valence-corrected chi connectivity index (χ2v) is 8.28. The van der Waals surface area contributed by atoms with Crippen molar-refractivity contribution < 1.29 is 0 Å². The van der Waals surface area contributed by atoms with E-state index in [1.54, 1.807) is 0 Å². The number of tetrazole rings is 1. The average molecular weight is 374 g/mol. The molecule has 3 aromatic rings. The highest BCUT2D eigenvalue weighted by atomic mass is 32.1. The zero-order chi connectivity index (χ0) is 18.1. The predicted octanol–water partition coefficient (Wildman–Crippen LogP) is 3.13. The van der Waals surface area contributed by atoms with Crippen LogP contribution in [0.2, 0.25) is 0 Å². The van der Waals surface area contributed by atoms with Crippen LogP contribution in [0, 0.1) is 0 Å². The van der Waals surface area contributed by atoms with Gasteiger partial charge in [-0.2, -0.15) is 9.50 Å². The van der Waals surface area contributed by atoms with E-state index in [1.165, 1.54) is 41.5 Å². The molecule has 7 nitrogen and oxygen atoms in total. The SMILES string of the molecule is CCCCN(CCCC)c1nc2nnnn2c2sc3c(c12)CCN(C)C3. The summed E-state index contributed by atoms with van der Waals surface area (Å²) in [4.78, 5) is 12.3. The third kappa shape index (κ3) is 3.05. The standard InChI is InChI=1S/C18H27N7S/c1-4-6-9-24(10-7-5-2)16-15-13-8-11-23(3)12-14(13)26-17(15)25-18(19-16)20-21-22-25/h4-12H2,1-3H3. The van der Waals surface area contributed by atoms with E-state index in [0.29, 0.717) is 5.78 Å². The first-order valence-electron chi connectivity index (χ1n) is 9.68. The first kappa shape index (κ1) is 17.6. The summed E-state index contributed by atoms with van der Waals surface area (Å²) in [5.41, 5.74) is 1.46. The molecule has 8 heteroatoms. The third-order valence-corrected chi connectivity index (χ3v) is 6.36. The minimum atomic E-state index is 0.609. The lowest BCUT2D eigenvalue weighted by Crippen LogP contribution is -2.28. The van der Waals surface area contributed by atoms with Gasteiger partial charge in [-0.05, 0) is 42.3 Å². The van der Waals surface area contributed by atoms with Crippen LogP contribution in [0.25, 0.3) is 16.0 Å². The van der Waals surface area contributed by atoms with Gasteiger partial charge < -0.3 is 9.80 Å². The summed E-state index contributed by atoms with van der Waals surface area (Å²) in [6.07, 6.45) is 5.81. The van der Waals surface area contributed by atoms with Crippen LogP contribution in [0.5, 0.6) is 0 Å². The van der Waals surface area contributed by atoms with Gasteiger partial charge >= 0.3 is 0 Å². The number of nitrogens with zero attached hydrogens (tertiary/aromatic N) is 7. The summed E-state index contributed by atoms with van der Waals surface area (Å²) < 4.78 is 1.82. The molecule has 0 aliphatic carbocycles. The second kappa shape index (κ2) is 7.44. The van der Waals surface area contributed by atoms with Gasteiger partial charge in [0.05, 0.1) is 5.39 Å². The number of aromatic nitrogens is 5. The molecule has 0 bridgehead atoms. The Balaban J connectivity index is 1.90. The number of fused-ring (bicyclic) bond motifs is 5. The summed E-state index contributed by atoms with van der Waals surface area (Å²) in [5, 5.41) is 13.5. The minimum absolute atomic E-state index is 0.609. The smallest absolute Gasteiger partial charge is 0.276 e. The molecule has 1 aliphatic rings. The van der Waals surface area contributed by atoms with E-state index in [2.05, 4.69) is 46.2 Å². The van der Waals surface area contributed by atoms with E-state index < -0.39 is 0 Å². The molecule has 0 saturated carbocycles. The summed E-state index contributed by atoms with van der Waals surface area (Å²) in [7, 11) is 2.19. The summed E-state index contributed by atoms with van der Waals surface area (Å²) in [6, 6.07) is 0. The molecule has 0 aromatic carbocycles. The van der Waals surface area contributed by atoms with Crippen LogP contribution in [0.3, 0.4) is 0 Å². The van der Waals surface area contributed by atoms with Gasteiger partial charge in [0.15, 0.2) is 0 Å². The molecule has 0 radical (unpaired) electrons. The number of hydrogen-bond acceptors (Lipinski definition) is 7. The average Bonchev–Trinajstić information content (AvgIpc) is 3.24. The Hall–Kier alpha value is -1.80. The summed E-state index contributed by atoms with van der Waals surface area (Å²) in [6.45, 7) is 8.67. The molecule has 140 valence electrons. The number of unbranched alkanes of at least 4 members (excludes halogenated alkanes) is 2. The Morgan fingerprint density at radius 1 is 1.15 bits per heavy atom. The summed E-state index contributed by atoms with van der Waals surface area (Å²) >= 11 is 1.83. The van der Waals surface area contributed by atoms with Crippen LogP contribution in [-0.4, -0.2) is 56.6 Å². The Kier molecular flexibility index (Phi) is 5.04. The maximum absolute atomic E-state index is 4.91. The zero-order valence-corrected chi connectivity index (χ0v) is 16.7. The minimum Gasteiger partial charge on any atom is -0.356 e. The first-order valence-corrected chi connectivity index (χ1v) is 10.5. The van der Waals surface area contributed by atoms with Gasteiger partial charge in [-0.25, -0.2) is 0 Å². The summed E-state index contributed by atoms with van der Waals surface area (Å²) in [5.74, 6) is 1.70. The van der Waals surface area contributed by atoms with E-state index in [0.717, 1.165) is 43.2 Å². The highest BCUT2D eigenvalue weighted by molar-refractivity contribution is 7.19. The van der Waals surface area contributed by atoms with E-state index in [-0.39, 0.29) is 0 Å². The fourth-order valence-electron chi connectivity index (χ4n) is 3.68. The Bertz CT molecular complexity index is 892. The fourth-order valence-corrected chi connectivity index (χ4v) is 5.05. The van der Waals surface area contributed by atoms with Gasteiger partial charge in [-0.1, -0.05) is 31.8 Å². The van der Waals surface area contributed by atoms with Gasteiger partial charge in [0.1, 0.15) is 10.6 Å². The Labute approximate surface area is 158 Å². The van der Waals surface area contributed by atoms with Crippen LogP contribution in [-0.2, 0) is 13.0 Å². The number of likely N-dealkylation sites (N-methyl/N-ethyl adjacent to an activating group) is 1. The van der Waals surface area contributed by atoms with Crippen molar-refractivity contribution in [3.63, 3.8) is 0 Å². The molecule has 3 aromatic heterocycles. The van der Waals surface area contributed by atoms with E-state index in [1.807, 2.05) is 15.9 Å². The van der Waals surface area contributed by atoms with Crippen molar-refractivity contribution in [1.29, 1.82) is 0 Å². The highest BCUT2D eigenvalue weighted by Gasteiger charge is 2.26. The third-order valence-electron chi connectivity index (χ3n) is 5.17. The lowest BCUT2D eigenvalue weighted by atomic mass is 10.0. The van der Waals surface area contributed by atoms with E-state index in [4.69, 9.17) is 4.98 Å². The molecule has 0 atom stereocenters. The van der Waals surface area contributed by atoms with Gasteiger partial charge in [0.25, 0.3) is 5.78 Å². The Morgan fingerprint density at radius 3 is 2.65 bits per heavy atom. The molecule has 4 rings (SSSR count). The maximum atomic E-state index is 4.91. The van der Waals surface area contributed by atoms with Crippen molar-refractivity contribution in [2.24, 2.45) is 0 Å². The lowest BCUT2D eigenvalue weighted by Gasteiger charge is -2.26. The van der Waals surface area contributed by atoms with Crippen molar-refractivity contribution in [1.82, 2.24) is 29.9 Å². The van der Waals surface area contributed by atoms with Crippen LogP contribution in [0.4, 0.5) is 5.82 Å². The van der Waals surface area contributed by atoms with Gasteiger partial charge in [-0.3, -0.25) is 0 Å². The van der Waals surface area contributed by atoms with Crippen molar-refractivity contribution in [2.45, 2.75) is 52.5 Å². The number of rotatable bonds is 7. The maximum Gasteiger partial charge on any atom is 0.276 e. The highest BCUT2D eigenvalue weighted by Crippen LogP contribution is 2.39. The fraction of sp³-hybridized carbons (Fsp3) is 0.667. The first-order chi connectivity index (χ1) is 12.7. The zero-order valence-electron chi connectivity index (χ0n) is 15.9. The van der Waals surface area contributed by atoms with Crippen LogP contribution in [0.1, 0.15) is 50.0 Å². The number of anilines is 1. The van der Waals surface area contributed by atoms with Gasteiger partial charge in [0.2, 0.25) is 0 Å². The molecule has 0 unspecified atom stereocenters. The van der Waals surface area contributed by atoms with Crippen molar-refractivity contribution in [3.8, 4) is 0 Å². The molecule has 0 N–H and O–H groups in total. The van der Waals surface area contributed by atoms with Crippen LogP contribution < -0.4 is 4.90 Å². The number of hydrogen-bond donors (Lipinski definition) is 0. The second-order valence-electron chi connectivity index (χ2n) is 7.19. The Morgan fingerprint density at radius 2 is 1.92 bits per heavy atom. The van der Waals surface area contributed by atoms with Crippen LogP contribution >= 0.6 is 11.3 Å². The normalized spacial score (nSPS) is 15.0. The molecular formula is C18H27N7S. The molecule has 1 aliphatic heterocycles. The molecule has 0 amide bonds. The molecule has 26 heavy (non-hydrogen) atoms. The lowest BCUT2D eigenvalue weighted by molar-refractivity contribution is 0.318. The van der Waals surface area contributed by atoms with Crippen molar-refractivity contribution in [2.75, 3.05) is 31.6 Å². The van der Waals surface area contributed by atoms with E-state index in [9.17, 15) is 0 Å². The van der Waals surface area contributed by atoms with Crippen molar-refractivity contribution in [3.05, 3.63) is 10.4 Å².